The van der Waals surface area contributed by atoms with E-state index in [0.717, 1.165) is 5.57 Å². The summed E-state index contributed by atoms with van der Waals surface area (Å²) in [6.45, 7) is 4.05. The van der Waals surface area contributed by atoms with E-state index in [4.69, 9.17) is 5.41 Å². The van der Waals surface area contributed by atoms with Crippen molar-refractivity contribution >= 4 is 12.3 Å². The van der Waals surface area contributed by atoms with Crippen molar-refractivity contribution in [3.63, 3.8) is 0 Å². The van der Waals surface area contributed by atoms with Gasteiger partial charge >= 0.3 is 0 Å². The van der Waals surface area contributed by atoms with E-state index in [1.807, 2.05) is 25.2 Å². The van der Waals surface area contributed by atoms with Gasteiger partial charge in [-0.05, 0) is 31.1 Å². The van der Waals surface area contributed by atoms with Crippen molar-refractivity contribution in [3.05, 3.63) is 65.3 Å². The first-order valence-corrected chi connectivity index (χ1v) is 5.34. The van der Waals surface area contributed by atoms with Crippen LogP contribution in [0, 0.1) is 12.3 Å². The van der Waals surface area contributed by atoms with E-state index in [-0.39, 0.29) is 0 Å². The second-order valence-corrected chi connectivity index (χ2v) is 3.58. The summed E-state index contributed by atoms with van der Waals surface area (Å²) in [6, 6.07) is 8.36. The van der Waals surface area contributed by atoms with Gasteiger partial charge in [-0.1, -0.05) is 54.1 Å². The molecule has 1 nitrogen and oxygen atoms in total. The molecular weight excluding hydrogens is 194 g/mol. The smallest absolute Gasteiger partial charge is 0.0183 e. The van der Waals surface area contributed by atoms with Gasteiger partial charge < -0.3 is 5.41 Å². The maximum absolute atomic E-state index is 7.05. The second-order valence-electron chi connectivity index (χ2n) is 3.58. The molecule has 1 rings (SSSR count). The second kappa shape index (κ2) is 6.57. The summed E-state index contributed by atoms with van der Waals surface area (Å²) in [5, 5.41) is 7.05. The molecule has 1 aromatic carbocycles. The number of benzene rings is 1. The molecular formula is C15H17N. The Kier molecular flexibility index (Phi) is 5.00. The van der Waals surface area contributed by atoms with E-state index in [9.17, 15) is 0 Å². The highest BCUT2D eigenvalue weighted by Gasteiger charge is 1.87. The number of hydrogen-bond donors (Lipinski definition) is 1. The van der Waals surface area contributed by atoms with E-state index in [1.54, 1.807) is 6.08 Å². The van der Waals surface area contributed by atoms with E-state index in [0.29, 0.717) is 0 Å². The summed E-state index contributed by atoms with van der Waals surface area (Å²) in [5.74, 6) is 0. The van der Waals surface area contributed by atoms with Crippen molar-refractivity contribution in [2.45, 2.75) is 13.8 Å². The highest BCUT2D eigenvalue weighted by molar-refractivity contribution is 5.72. The zero-order valence-electron chi connectivity index (χ0n) is 9.77. The predicted octanol–water partition coefficient (Wildman–Crippen LogP) is 4.16. The molecule has 0 unspecified atom stereocenters. The molecule has 1 N–H and O–H groups in total. The number of rotatable bonds is 4. The monoisotopic (exact) mass is 211 g/mol. The van der Waals surface area contributed by atoms with Crippen LogP contribution in [0.2, 0.25) is 0 Å². The van der Waals surface area contributed by atoms with Crippen molar-refractivity contribution < 1.29 is 0 Å². The van der Waals surface area contributed by atoms with Crippen molar-refractivity contribution in [3.8, 4) is 0 Å². The molecule has 0 aliphatic rings. The maximum atomic E-state index is 7.05. The SMILES string of the molecule is C\C=C/C(/C=C/c1ccc(C)cc1)=C\C=N. The average Bonchev–Trinajstić information content (AvgIpc) is 2.29. The van der Waals surface area contributed by atoms with Crippen LogP contribution in [0.1, 0.15) is 18.1 Å². The number of allylic oxidation sites excluding steroid dienone is 5. The van der Waals surface area contributed by atoms with Gasteiger partial charge in [-0.15, -0.1) is 0 Å². The molecule has 0 aliphatic carbocycles. The van der Waals surface area contributed by atoms with Crippen LogP contribution in [0.4, 0.5) is 0 Å². The third-order valence-electron chi connectivity index (χ3n) is 2.18. The van der Waals surface area contributed by atoms with Gasteiger partial charge in [-0.2, -0.15) is 0 Å². The lowest BCUT2D eigenvalue weighted by Gasteiger charge is -1.95. The molecule has 0 saturated heterocycles. The molecule has 0 aromatic heterocycles. The molecule has 82 valence electrons. The predicted molar refractivity (Wildman–Crippen MR) is 71.9 cm³/mol. The van der Waals surface area contributed by atoms with E-state index in [1.165, 1.54) is 17.3 Å². The normalized spacial score (nSPS) is 12.5. The highest BCUT2D eigenvalue weighted by atomic mass is 14.3. The summed E-state index contributed by atoms with van der Waals surface area (Å²) in [6.07, 6.45) is 11.1. The Hall–Kier alpha value is -1.89. The van der Waals surface area contributed by atoms with Crippen LogP contribution in [0.5, 0.6) is 0 Å². The lowest BCUT2D eigenvalue weighted by molar-refractivity contribution is 1.46. The van der Waals surface area contributed by atoms with Gasteiger partial charge in [0, 0.05) is 6.21 Å². The first-order valence-electron chi connectivity index (χ1n) is 5.34. The van der Waals surface area contributed by atoms with Gasteiger partial charge in [-0.3, -0.25) is 0 Å². The summed E-state index contributed by atoms with van der Waals surface area (Å²) in [7, 11) is 0. The lowest BCUT2D eigenvalue weighted by atomic mass is 10.1. The molecule has 0 fully saturated rings. The van der Waals surface area contributed by atoms with Crippen LogP contribution in [0.25, 0.3) is 6.08 Å². The van der Waals surface area contributed by atoms with Crippen LogP contribution in [-0.4, -0.2) is 6.21 Å². The fourth-order valence-corrected chi connectivity index (χ4v) is 1.33. The van der Waals surface area contributed by atoms with Gasteiger partial charge in [0.05, 0.1) is 0 Å². The Morgan fingerprint density at radius 1 is 1.12 bits per heavy atom. The molecule has 1 aromatic rings. The van der Waals surface area contributed by atoms with E-state index >= 15 is 0 Å². The summed E-state index contributed by atoms with van der Waals surface area (Å²) in [4.78, 5) is 0. The molecule has 0 radical (unpaired) electrons. The molecule has 0 atom stereocenters. The van der Waals surface area contributed by atoms with Gasteiger partial charge in [0.2, 0.25) is 0 Å². The molecule has 0 spiro atoms. The molecule has 0 saturated carbocycles. The minimum Gasteiger partial charge on any atom is -0.309 e. The molecule has 1 heteroatoms. The van der Waals surface area contributed by atoms with Crippen molar-refractivity contribution in [1.82, 2.24) is 0 Å². The van der Waals surface area contributed by atoms with Gasteiger partial charge in [0.15, 0.2) is 0 Å². The van der Waals surface area contributed by atoms with Crippen molar-refractivity contribution in [2.75, 3.05) is 0 Å². The minimum atomic E-state index is 1.03. The Morgan fingerprint density at radius 3 is 2.38 bits per heavy atom. The van der Waals surface area contributed by atoms with Crippen LogP contribution in [0.3, 0.4) is 0 Å². The quantitative estimate of drug-likeness (QED) is 0.571. The van der Waals surface area contributed by atoms with Crippen LogP contribution >= 0.6 is 0 Å². The minimum absolute atomic E-state index is 1.03. The first-order chi connectivity index (χ1) is 7.76. The van der Waals surface area contributed by atoms with E-state index < -0.39 is 0 Å². The Labute approximate surface area is 97.3 Å². The van der Waals surface area contributed by atoms with Crippen LogP contribution in [0.15, 0.2) is 54.1 Å². The fraction of sp³-hybridized carbons (Fsp3) is 0.133. The van der Waals surface area contributed by atoms with Crippen LogP contribution in [-0.2, 0) is 0 Å². The van der Waals surface area contributed by atoms with Crippen LogP contribution < -0.4 is 0 Å². The fourth-order valence-electron chi connectivity index (χ4n) is 1.33. The zero-order valence-corrected chi connectivity index (χ0v) is 9.77. The molecule has 16 heavy (non-hydrogen) atoms. The van der Waals surface area contributed by atoms with Crippen molar-refractivity contribution in [1.29, 1.82) is 5.41 Å². The summed E-state index contributed by atoms with van der Waals surface area (Å²) in [5.41, 5.74) is 3.46. The third-order valence-corrected chi connectivity index (χ3v) is 2.18. The third kappa shape index (κ3) is 4.09. The Bertz CT molecular complexity index is 419. The number of hydrogen-bond acceptors (Lipinski definition) is 1. The Balaban J connectivity index is 2.82. The number of aryl methyl sites for hydroxylation is 1. The number of nitrogens with one attached hydrogen (secondary N) is 1. The van der Waals surface area contributed by atoms with E-state index in [2.05, 4.69) is 37.3 Å². The topological polar surface area (TPSA) is 23.9 Å². The highest BCUT2D eigenvalue weighted by Crippen LogP contribution is 2.08. The summed E-state index contributed by atoms with van der Waals surface area (Å²) < 4.78 is 0. The average molecular weight is 211 g/mol. The van der Waals surface area contributed by atoms with Crippen molar-refractivity contribution in [2.24, 2.45) is 0 Å². The molecule has 0 bridgehead atoms. The maximum Gasteiger partial charge on any atom is 0.0183 e. The van der Waals surface area contributed by atoms with Gasteiger partial charge in [0.25, 0.3) is 0 Å². The molecule has 0 aliphatic heterocycles. The first kappa shape index (κ1) is 12.2. The Morgan fingerprint density at radius 2 is 1.81 bits per heavy atom. The zero-order chi connectivity index (χ0) is 11.8. The molecule has 0 heterocycles. The van der Waals surface area contributed by atoms with Gasteiger partial charge in [-0.25, -0.2) is 0 Å². The largest absolute Gasteiger partial charge is 0.309 e. The molecule has 0 amide bonds. The lowest BCUT2D eigenvalue weighted by Crippen LogP contribution is -1.76. The summed E-state index contributed by atoms with van der Waals surface area (Å²) >= 11 is 0. The van der Waals surface area contributed by atoms with Gasteiger partial charge in [0.1, 0.15) is 0 Å². The standard InChI is InChI=1S/C15H17N/c1-3-4-14(11-12-16)9-10-15-7-5-13(2)6-8-15/h3-12,16H,1-2H3/b4-3-,10-9+,14-11+,16-12?.